The van der Waals surface area contributed by atoms with Crippen LogP contribution in [0.25, 0.3) is 0 Å². The lowest BCUT2D eigenvalue weighted by Crippen LogP contribution is -2.40. The van der Waals surface area contributed by atoms with Crippen LogP contribution in [0.5, 0.6) is 0 Å². The fourth-order valence-electron chi connectivity index (χ4n) is 3.59. The van der Waals surface area contributed by atoms with Gasteiger partial charge in [0.05, 0.1) is 12.5 Å². The molecule has 1 aliphatic heterocycles. The number of imidazole rings is 1. The molecule has 1 fully saturated rings. The van der Waals surface area contributed by atoms with Crippen LogP contribution in [0.1, 0.15) is 32.6 Å². The lowest BCUT2D eigenvalue weighted by Gasteiger charge is -2.23. The average Bonchev–Trinajstić information content (AvgIpc) is 3.45. The molecule has 2 heterocycles. The third-order valence-electron chi connectivity index (χ3n) is 5.11. The molecule has 1 aromatic carbocycles. The number of esters is 3. The summed E-state index contributed by atoms with van der Waals surface area (Å²) in [5.74, 6) is -2.37. The predicted molar refractivity (Wildman–Crippen MR) is 127 cm³/mol. The van der Waals surface area contributed by atoms with Crippen molar-refractivity contribution < 1.29 is 47.7 Å². The van der Waals surface area contributed by atoms with E-state index in [-0.39, 0.29) is 25.6 Å². The number of ether oxygens (including phenoxy) is 5. The Labute approximate surface area is 217 Å². The first-order valence-corrected chi connectivity index (χ1v) is 11.5. The molecular formula is C24H28N4O10. The highest BCUT2D eigenvalue weighted by molar-refractivity contribution is 5.92. The number of anilines is 1. The van der Waals surface area contributed by atoms with E-state index in [0.717, 1.165) is 5.56 Å². The third-order valence-corrected chi connectivity index (χ3v) is 5.11. The molecule has 1 aromatic heterocycles. The Hall–Kier alpha value is -4.46. The van der Waals surface area contributed by atoms with Gasteiger partial charge in [0, 0.05) is 20.8 Å². The molecule has 2 amide bonds. The summed E-state index contributed by atoms with van der Waals surface area (Å²) in [5, 5.41) is 4.84. The van der Waals surface area contributed by atoms with E-state index < -0.39 is 54.4 Å². The molecule has 0 bridgehead atoms. The first-order valence-electron chi connectivity index (χ1n) is 11.5. The second-order valence-corrected chi connectivity index (χ2v) is 8.19. The molecule has 1 saturated heterocycles. The topological polar surface area (TPSA) is 173 Å². The SMILES string of the molecule is CC(=O)OC[C@H]1O[C@@H](n2cnc(NC(=O)CNC(=O)OCc3ccccc3)c2)[C@H](OC(C)=O)[C@@H]1OC(C)=O. The number of carbonyl (C=O) groups excluding carboxylic acids is 5. The molecule has 4 atom stereocenters. The van der Waals surface area contributed by atoms with Crippen LogP contribution in [0.2, 0.25) is 0 Å². The summed E-state index contributed by atoms with van der Waals surface area (Å²) in [6.45, 7) is 2.98. The number of carbonyl (C=O) groups is 5. The van der Waals surface area contributed by atoms with Gasteiger partial charge in [0.25, 0.3) is 0 Å². The highest BCUT2D eigenvalue weighted by Gasteiger charge is 2.50. The van der Waals surface area contributed by atoms with Gasteiger partial charge in [-0.05, 0) is 5.56 Å². The molecule has 14 nitrogen and oxygen atoms in total. The summed E-state index contributed by atoms with van der Waals surface area (Å²) in [7, 11) is 0. The molecule has 0 unspecified atom stereocenters. The second-order valence-electron chi connectivity index (χ2n) is 8.19. The maximum absolute atomic E-state index is 12.3. The van der Waals surface area contributed by atoms with Gasteiger partial charge in [0.2, 0.25) is 5.91 Å². The van der Waals surface area contributed by atoms with Gasteiger partial charge in [-0.1, -0.05) is 30.3 Å². The van der Waals surface area contributed by atoms with Gasteiger partial charge >= 0.3 is 24.0 Å². The van der Waals surface area contributed by atoms with Crippen LogP contribution in [0.3, 0.4) is 0 Å². The van der Waals surface area contributed by atoms with Crippen molar-refractivity contribution in [3.05, 3.63) is 48.4 Å². The molecule has 38 heavy (non-hydrogen) atoms. The monoisotopic (exact) mass is 532 g/mol. The summed E-state index contributed by atoms with van der Waals surface area (Å²) in [4.78, 5) is 62.9. The first kappa shape index (κ1) is 28.1. The van der Waals surface area contributed by atoms with E-state index in [0.29, 0.717) is 0 Å². The number of hydrogen-bond donors (Lipinski definition) is 2. The standard InChI is InChI=1S/C24H28N4O10/c1-14(29)34-12-18-21(36-15(2)30)22(37-16(3)31)23(38-18)28-10-19(26-13-28)27-20(32)9-25-24(33)35-11-17-7-5-4-6-8-17/h4-8,10,13,18,21-23H,9,11-12H2,1-3H3,(H,25,33)(H,27,32)/t18-,21-,22-,23-/m1/s1. The summed E-state index contributed by atoms with van der Waals surface area (Å²) in [6, 6.07) is 9.05. The van der Waals surface area contributed by atoms with Crippen molar-refractivity contribution in [3.63, 3.8) is 0 Å². The Morgan fingerprint density at radius 3 is 2.29 bits per heavy atom. The molecule has 2 N–H and O–H groups in total. The number of nitrogens with zero attached hydrogens (tertiary/aromatic N) is 2. The van der Waals surface area contributed by atoms with E-state index in [2.05, 4.69) is 15.6 Å². The van der Waals surface area contributed by atoms with Crippen LogP contribution in [0.15, 0.2) is 42.9 Å². The molecule has 14 heteroatoms. The lowest BCUT2D eigenvalue weighted by molar-refractivity contribution is -0.166. The molecular weight excluding hydrogens is 504 g/mol. The van der Waals surface area contributed by atoms with Crippen molar-refractivity contribution >= 4 is 35.7 Å². The number of rotatable bonds is 10. The molecule has 0 saturated carbocycles. The number of alkyl carbamates (subject to hydrolysis) is 1. The van der Waals surface area contributed by atoms with Crippen LogP contribution in [-0.2, 0) is 49.5 Å². The Kier molecular flexibility index (Phi) is 9.76. The number of benzene rings is 1. The molecule has 0 aliphatic carbocycles. The minimum Gasteiger partial charge on any atom is -0.463 e. The highest BCUT2D eigenvalue weighted by Crippen LogP contribution is 2.34. The van der Waals surface area contributed by atoms with Gasteiger partial charge in [-0.15, -0.1) is 0 Å². The van der Waals surface area contributed by atoms with Gasteiger partial charge in [0.15, 0.2) is 24.3 Å². The Bertz CT molecular complexity index is 1150. The van der Waals surface area contributed by atoms with Crippen LogP contribution >= 0.6 is 0 Å². The second kappa shape index (κ2) is 13.2. The van der Waals surface area contributed by atoms with Crippen molar-refractivity contribution in [1.29, 1.82) is 0 Å². The number of aromatic nitrogens is 2. The summed E-state index contributed by atoms with van der Waals surface area (Å²) >= 11 is 0. The quantitative estimate of drug-likeness (QED) is 0.331. The van der Waals surface area contributed by atoms with E-state index in [1.807, 2.05) is 18.2 Å². The third kappa shape index (κ3) is 8.30. The smallest absolute Gasteiger partial charge is 0.407 e. The summed E-state index contributed by atoms with van der Waals surface area (Å²) in [5.41, 5.74) is 0.796. The van der Waals surface area contributed by atoms with Crippen molar-refractivity contribution in [3.8, 4) is 0 Å². The lowest BCUT2D eigenvalue weighted by atomic mass is 10.1. The number of amides is 2. The van der Waals surface area contributed by atoms with Gasteiger partial charge in [-0.2, -0.15) is 0 Å². The zero-order valence-corrected chi connectivity index (χ0v) is 20.9. The van der Waals surface area contributed by atoms with E-state index in [9.17, 15) is 24.0 Å². The van der Waals surface area contributed by atoms with Crippen LogP contribution < -0.4 is 10.6 Å². The Morgan fingerprint density at radius 2 is 1.63 bits per heavy atom. The molecule has 204 valence electrons. The maximum Gasteiger partial charge on any atom is 0.407 e. The van der Waals surface area contributed by atoms with E-state index >= 15 is 0 Å². The Morgan fingerprint density at radius 1 is 0.947 bits per heavy atom. The van der Waals surface area contributed by atoms with Crippen molar-refractivity contribution in [2.75, 3.05) is 18.5 Å². The fraction of sp³-hybridized carbons (Fsp3) is 0.417. The molecule has 1 aliphatic rings. The number of nitrogens with one attached hydrogen (secondary N) is 2. The van der Waals surface area contributed by atoms with Crippen LogP contribution in [0.4, 0.5) is 10.6 Å². The molecule has 0 radical (unpaired) electrons. The highest BCUT2D eigenvalue weighted by atomic mass is 16.7. The van der Waals surface area contributed by atoms with Gasteiger partial charge in [-0.25, -0.2) is 9.78 Å². The minimum absolute atomic E-state index is 0.0520. The first-order chi connectivity index (χ1) is 18.1. The zero-order chi connectivity index (χ0) is 27.7. The fourth-order valence-corrected chi connectivity index (χ4v) is 3.59. The van der Waals surface area contributed by atoms with Crippen LogP contribution in [0, 0.1) is 0 Å². The van der Waals surface area contributed by atoms with E-state index in [1.54, 1.807) is 12.1 Å². The van der Waals surface area contributed by atoms with Gasteiger partial charge in [-0.3, -0.25) is 19.2 Å². The van der Waals surface area contributed by atoms with Crippen molar-refractivity contribution in [2.45, 2.75) is 51.9 Å². The van der Waals surface area contributed by atoms with Gasteiger partial charge in [0.1, 0.15) is 25.9 Å². The van der Waals surface area contributed by atoms with Gasteiger partial charge < -0.3 is 38.9 Å². The molecule has 2 aromatic rings. The zero-order valence-electron chi connectivity index (χ0n) is 20.9. The summed E-state index contributed by atoms with van der Waals surface area (Å²) < 4.78 is 28.0. The van der Waals surface area contributed by atoms with E-state index in [4.69, 9.17) is 23.7 Å². The Balaban J connectivity index is 1.60. The normalized spacial score (nSPS) is 20.2. The maximum atomic E-state index is 12.3. The largest absolute Gasteiger partial charge is 0.463 e. The average molecular weight is 533 g/mol. The van der Waals surface area contributed by atoms with E-state index in [1.165, 1.54) is 37.9 Å². The van der Waals surface area contributed by atoms with Crippen molar-refractivity contribution in [1.82, 2.24) is 14.9 Å². The predicted octanol–water partition coefficient (Wildman–Crippen LogP) is 1.07. The molecule has 0 spiro atoms. The minimum atomic E-state index is -1.10. The van der Waals surface area contributed by atoms with Crippen LogP contribution in [-0.4, -0.2) is 70.9 Å². The number of hydrogen-bond acceptors (Lipinski definition) is 11. The molecule has 3 rings (SSSR count). The van der Waals surface area contributed by atoms with Crippen molar-refractivity contribution in [2.24, 2.45) is 0 Å². The summed E-state index contributed by atoms with van der Waals surface area (Å²) in [6.07, 6.45) is -2.21.